The zero-order chi connectivity index (χ0) is 16.9. The summed E-state index contributed by atoms with van der Waals surface area (Å²) in [6.07, 6.45) is 1.65. The van der Waals surface area contributed by atoms with Gasteiger partial charge in [-0.15, -0.1) is 5.10 Å². The lowest BCUT2D eigenvalue weighted by atomic mass is 10.2. The number of anilines is 1. The van der Waals surface area contributed by atoms with E-state index in [9.17, 15) is 4.79 Å². The summed E-state index contributed by atoms with van der Waals surface area (Å²) >= 11 is 0. The van der Waals surface area contributed by atoms with Gasteiger partial charge in [0.2, 0.25) is 0 Å². The topological polar surface area (TPSA) is 81.2 Å². The maximum Gasteiger partial charge on any atom is 0.262 e. The monoisotopic (exact) mass is 326 g/mol. The smallest absolute Gasteiger partial charge is 0.262 e. The Morgan fingerprint density at radius 1 is 1.29 bits per heavy atom. The highest BCUT2D eigenvalue weighted by Gasteiger charge is 2.09. The molecule has 0 spiro atoms. The van der Waals surface area contributed by atoms with Gasteiger partial charge >= 0.3 is 0 Å². The first-order chi connectivity index (χ1) is 11.7. The molecule has 0 aliphatic carbocycles. The molecule has 0 bridgehead atoms. The predicted octanol–water partition coefficient (Wildman–Crippen LogP) is 2.53. The molecule has 7 heteroatoms. The number of hydrogen-bond acceptors (Lipinski definition) is 4. The van der Waals surface area contributed by atoms with Crippen molar-refractivity contribution in [1.82, 2.24) is 15.0 Å². The normalized spacial score (nSPS) is 10.4. The molecule has 0 radical (unpaired) electrons. The second kappa shape index (κ2) is 6.91. The maximum atomic E-state index is 12.1. The van der Waals surface area contributed by atoms with Crippen LogP contribution in [0.2, 0.25) is 0 Å². The van der Waals surface area contributed by atoms with E-state index >= 15 is 0 Å². The first-order valence-corrected chi connectivity index (χ1v) is 7.41. The lowest BCUT2D eigenvalue weighted by Crippen LogP contribution is -2.20. The Bertz CT molecular complexity index is 829. The number of aryl methyl sites for hydroxylation is 1. The van der Waals surface area contributed by atoms with Crippen LogP contribution in [0.3, 0.4) is 0 Å². The van der Waals surface area contributed by atoms with E-state index < -0.39 is 0 Å². The molecule has 0 aliphatic rings. The number of H-pyrrole nitrogens is 1. The Balaban J connectivity index is 1.61. The lowest BCUT2D eigenvalue weighted by Gasteiger charge is -2.12. The van der Waals surface area contributed by atoms with Gasteiger partial charge in [-0.05, 0) is 36.8 Å². The molecule has 2 aromatic carbocycles. The van der Waals surface area contributed by atoms with Crippen LogP contribution in [-0.4, -0.2) is 34.6 Å². The van der Waals surface area contributed by atoms with Crippen molar-refractivity contribution in [3.63, 3.8) is 0 Å². The van der Waals surface area contributed by atoms with E-state index in [-0.39, 0.29) is 12.5 Å². The molecule has 0 unspecified atom stereocenters. The molecule has 124 valence electrons. The third-order valence-electron chi connectivity index (χ3n) is 3.43. The van der Waals surface area contributed by atoms with Crippen LogP contribution < -0.4 is 14.8 Å². The highest BCUT2D eigenvalue weighted by atomic mass is 16.5. The number of benzene rings is 2. The fourth-order valence-corrected chi connectivity index (χ4v) is 2.22. The molecule has 2 N–H and O–H groups in total. The van der Waals surface area contributed by atoms with Crippen molar-refractivity contribution in [2.75, 3.05) is 19.0 Å². The molecule has 3 aromatic rings. The van der Waals surface area contributed by atoms with E-state index in [2.05, 4.69) is 15.6 Å². The van der Waals surface area contributed by atoms with Gasteiger partial charge in [0.1, 0.15) is 17.8 Å². The second-order valence-corrected chi connectivity index (χ2v) is 5.25. The Hall–Kier alpha value is -3.22. The lowest BCUT2D eigenvalue weighted by molar-refractivity contribution is -0.118. The van der Waals surface area contributed by atoms with Gasteiger partial charge in [0, 0.05) is 6.07 Å². The van der Waals surface area contributed by atoms with Crippen molar-refractivity contribution in [3.8, 4) is 17.2 Å². The van der Waals surface area contributed by atoms with Crippen molar-refractivity contribution < 1.29 is 14.3 Å². The standard InChI is InChI=1S/C17H18N4O3/c1-12-6-7-16(23-2)15(8-12)19-17(22)10-24-14-5-3-4-13(9-14)21-11-18-20-21/h3-9,11,20H,10H2,1-2H3,(H,19,22). The molecule has 0 atom stereocenters. The second-order valence-electron chi connectivity index (χ2n) is 5.25. The average Bonchev–Trinajstić information content (AvgIpc) is 2.52. The van der Waals surface area contributed by atoms with Crippen molar-refractivity contribution in [2.45, 2.75) is 6.92 Å². The van der Waals surface area contributed by atoms with Crippen molar-refractivity contribution in [3.05, 3.63) is 54.4 Å². The first kappa shape index (κ1) is 15.7. The number of carbonyl (C=O) groups is 1. The molecule has 1 amide bonds. The first-order valence-electron chi connectivity index (χ1n) is 7.41. The number of hydrogen-bond donors (Lipinski definition) is 2. The number of aromatic amines is 1. The Kier molecular flexibility index (Phi) is 4.51. The summed E-state index contributed by atoms with van der Waals surface area (Å²) in [6, 6.07) is 13.0. The fourth-order valence-electron chi connectivity index (χ4n) is 2.22. The number of rotatable bonds is 6. The number of nitrogens with zero attached hydrogens (tertiary/aromatic N) is 2. The number of ether oxygens (including phenoxy) is 2. The van der Waals surface area contributed by atoms with Crippen LogP contribution in [0.1, 0.15) is 5.56 Å². The summed E-state index contributed by atoms with van der Waals surface area (Å²) < 4.78 is 12.5. The van der Waals surface area contributed by atoms with Crippen LogP contribution in [0.15, 0.2) is 48.8 Å². The van der Waals surface area contributed by atoms with Gasteiger partial charge in [-0.2, -0.15) is 0 Å². The Morgan fingerprint density at radius 2 is 2.12 bits per heavy atom. The van der Waals surface area contributed by atoms with Crippen LogP contribution in [0.25, 0.3) is 5.69 Å². The summed E-state index contributed by atoms with van der Waals surface area (Å²) in [4.78, 5) is 12.1. The number of aromatic nitrogens is 3. The zero-order valence-corrected chi connectivity index (χ0v) is 13.4. The van der Waals surface area contributed by atoms with Crippen molar-refractivity contribution in [1.29, 1.82) is 0 Å². The SMILES string of the molecule is COc1ccc(C)cc1NC(=O)COc1cccc(-n2cn[nH]2)c1. The highest BCUT2D eigenvalue weighted by Crippen LogP contribution is 2.25. The van der Waals surface area contributed by atoms with E-state index in [0.29, 0.717) is 17.2 Å². The largest absolute Gasteiger partial charge is 0.495 e. The van der Waals surface area contributed by atoms with E-state index in [0.717, 1.165) is 11.3 Å². The van der Waals surface area contributed by atoms with Gasteiger partial charge in [0.05, 0.1) is 18.5 Å². The van der Waals surface area contributed by atoms with E-state index in [1.54, 1.807) is 24.2 Å². The summed E-state index contributed by atoms with van der Waals surface area (Å²) in [7, 11) is 1.56. The minimum absolute atomic E-state index is 0.0952. The van der Waals surface area contributed by atoms with Crippen LogP contribution in [-0.2, 0) is 4.79 Å². The third kappa shape index (κ3) is 3.57. The highest BCUT2D eigenvalue weighted by molar-refractivity contribution is 5.93. The summed E-state index contributed by atoms with van der Waals surface area (Å²) in [6.45, 7) is 1.85. The molecule has 7 nitrogen and oxygen atoms in total. The van der Waals surface area contributed by atoms with Gasteiger partial charge in [0.15, 0.2) is 6.61 Å². The summed E-state index contributed by atoms with van der Waals surface area (Å²) in [5.74, 6) is 0.952. The molecule has 1 heterocycles. The third-order valence-corrected chi connectivity index (χ3v) is 3.43. The van der Waals surface area contributed by atoms with Crippen LogP contribution in [0.4, 0.5) is 5.69 Å². The summed E-state index contributed by atoms with van der Waals surface area (Å²) in [5.41, 5.74) is 2.53. The molecule has 0 aliphatic heterocycles. The Morgan fingerprint density at radius 3 is 2.83 bits per heavy atom. The number of nitrogens with one attached hydrogen (secondary N) is 2. The summed E-state index contributed by atoms with van der Waals surface area (Å²) in [5, 5.41) is 9.34. The predicted molar refractivity (Wildman–Crippen MR) is 89.8 cm³/mol. The number of methoxy groups -OCH3 is 1. The molecule has 0 fully saturated rings. The van der Waals surface area contributed by atoms with Gasteiger partial charge in [-0.1, -0.05) is 12.1 Å². The number of amides is 1. The van der Waals surface area contributed by atoms with Crippen LogP contribution in [0.5, 0.6) is 11.5 Å². The minimum Gasteiger partial charge on any atom is -0.495 e. The molecule has 24 heavy (non-hydrogen) atoms. The van der Waals surface area contributed by atoms with E-state index in [1.165, 1.54) is 0 Å². The minimum atomic E-state index is -0.257. The molecular weight excluding hydrogens is 308 g/mol. The fraction of sp³-hybridized carbons (Fsp3) is 0.176. The molecule has 0 saturated carbocycles. The quantitative estimate of drug-likeness (QED) is 0.729. The molecule has 1 aromatic heterocycles. The molecule has 0 saturated heterocycles. The molecular formula is C17H18N4O3. The van der Waals surface area contributed by atoms with Crippen LogP contribution in [0, 0.1) is 6.92 Å². The Labute approximate surface area is 139 Å². The van der Waals surface area contributed by atoms with Crippen molar-refractivity contribution >= 4 is 11.6 Å². The maximum absolute atomic E-state index is 12.1. The van der Waals surface area contributed by atoms with Gasteiger partial charge in [-0.3, -0.25) is 4.79 Å². The van der Waals surface area contributed by atoms with E-state index in [1.807, 2.05) is 43.3 Å². The van der Waals surface area contributed by atoms with Gasteiger partial charge in [-0.25, -0.2) is 9.90 Å². The van der Waals surface area contributed by atoms with Gasteiger partial charge < -0.3 is 14.8 Å². The number of carbonyl (C=O) groups excluding carboxylic acids is 1. The van der Waals surface area contributed by atoms with E-state index in [4.69, 9.17) is 9.47 Å². The van der Waals surface area contributed by atoms with Crippen LogP contribution >= 0.6 is 0 Å². The molecule has 3 rings (SSSR count). The van der Waals surface area contributed by atoms with Crippen molar-refractivity contribution in [2.24, 2.45) is 0 Å². The van der Waals surface area contributed by atoms with Gasteiger partial charge in [0.25, 0.3) is 5.91 Å². The average molecular weight is 326 g/mol. The zero-order valence-electron chi connectivity index (χ0n) is 13.4.